The topological polar surface area (TPSA) is 9.23 Å². The fraction of sp³-hybridized carbons (Fsp3) is 0.846. The normalized spacial score (nSPS) is 54.6. The van der Waals surface area contributed by atoms with Crippen LogP contribution in [0.15, 0.2) is 12.2 Å². The first-order chi connectivity index (χ1) is 8.12. The molecule has 0 aromatic heterocycles. The maximum Gasteiger partial charge on any atom is 0.392 e. The summed E-state index contributed by atoms with van der Waals surface area (Å²) in [5, 5.41) is 0. The van der Waals surface area contributed by atoms with Gasteiger partial charge in [0, 0.05) is 12.7 Å². The second-order valence-corrected chi connectivity index (χ2v) is 12.6. The largest absolute Gasteiger partial charge is 0.395 e. The first-order valence-electron chi connectivity index (χ1n) is 6.73. The second-order valence-electron chi connectivity index (χ2n) is 6.37. The molecule has 4 aliphatic carbocycles. The molecular weight excluding hydrogens is 271 g/mol. The lowest BCUT2D eigenvalue weighted by Gasteiger charge is -2.39. The highest BCUT2D eigenvalue weighted by atomic mass is 35.7. The molecule has 0 aliphatic heterocycles. The van der Waals surface area contributed by atoms with Crippen molar-refractivity contribution in [3.05, 3.63) is 12.2 Å². The Balaban J connectivity index is 1.65. The molecule has 3 fully saturated rings. The predicted octanol–water partition coefficient (Wildman–Crippen LogP) is 3.90. The smallest absolute Gasteiger partial charge is 0.392 e. The van der Waals surface area contributed by atoms with Gasteiger partial charge >= 0.3 is 6.94 Å². The van der Waals surface area contributed by atoms with Gasteiger partial charge in [0.05, 0.1) is 0 Å². The molecule has 3 saturated carbocycles. The van der Waals surface area contributed by atoms with Gasteiger partial charge in [0.2, 0.25) is 0 Å². The first kappa shape index (κ1) is 11.3. The van der Waals surface area contributed by atoms with Crippen LogP contribution in [0.2, 0.25) is 5.54 Å². The van der Waals surface area contributed by atoms with E-state index in [9.17, 15) is 0 Å². The van der Waals surface area contributed by atoms with Crippen molar-refractivity contribution in [2.75, 3.05) is 7.11 Å². The van der Waals surface area contributed by atoms with E-state index in [0.29, 0.717) is 5.54 Å². The Morgan fingerprint density at radius 2 is 1.76 bits per heavy atom. The Bertz CT molecular complexity index is 384. The zero-order valence-corrected chi connectivity index (χ0v) is 12.5. The van der Waals surface area contributed by atoms with Gasteiger partial charge in [0.25, 0.3) is 0 Å². The summed E-state index contributed by atoms with van der Waals surface area (Å²) < 4.78 is 5.45. The molecule has 7 atom stereocenters. The van der Waals surface area contributed by atoms with Crippen LogP contribution < -0.4 is 0 Å². The molecule has 0 aromatic carbocycles. The third-order valence-electron chi connectivity index (χ3n) is 5.97. The zero-order valence-electron chi connectivity index (χ0n) is 9.98. The summed E-state index contributed by atoms with van der Waals surface area (Å²) in [7, 11) is 1.69. The molecule has 0 saturated heterocycles. The molecule has 0 radical (unpaired) electrons. The third kappa shape index (κ3) is 1.36. The lowest BCUT2D eigenvalue weighted by atomic mass is 9.73. The van der Waals surface area contributed by atoms with E-state index in [0.717, 1.165) is 35.5 Å². The number of hydrogen-bond acceptors (Lipinski definition) is 1. The molecule has 0 spiro atoms. The number of halogens is 2. The molecule has 4 bridgehead atoms. The molecule has 4 aliphatic rings. The maximum absolute atomic E-state index is 6.48. The van der Waals surface area contributed by atoms with Gasteiger partial charge in [0.1, 0.15) is 0 Å². The van der Waals surface area contributed by atoms with Crippen molar-refractivity contribution in [1.29, 1.82) is 0 Å². The Kier molecular flexibility index (Phi) is 2.35. The molecule has 0 heterocycles. The van der Waals surface area contributed by atoms with Crippen molar-refractivity contribution in [3.63, 3.8) is 0 Å². The Morgan fingerprint density at radius 3 is 2.47 bits per heavy atom. The van der Waals surface area contributed by atoms with Crippen LogP contribution in [0.5, 0.6) is 0 Å². The molecule has 94 valence electrons. The van der Waals surface area contributed by atoms with E-state index in [1.54, 1.807) is 7.11 Å². The Hall–Kier alpha value is 0.497. The summed E-state index contributed by atoms with van der Waals surface area (Å²) in [5.74, 6) is 5.19. The minimum atomic E-state index is -2.46. The fourth-order valence-electron chi connectivity index (χ4n) is 5.55. The SMILES string of the molecule is CO[Si](Cl)(Cl)C1CC2CC1C1C3C=CC(C3)C21. The molecule has 0 amide bonds. The quantitative estimate of drug-likeness (QED) is 0.324. The monoisotopic (exact) mass is 288 g/mol. The van der Waals surface area contributed by atoms with Crippen molar-refractivity contribution in [2.45, 2.75) is 24.8 Å². The van der Waals surface area contributed by atoms with Crippen molar-refractivity contribution in [2.24, 2.45) is 35.5 Å². The van der Waals surface area contributed by atoms with E-state index in [4.69, 9.17) is 26.6 Å². The fourth-order valence-corrected chi connectivity index (χ4v) is 8.80. The van der Waals surface area contributed by atoms with E-state index in [-0.39, 0.29) is 0 Å². The van der Waals surface area contributed by atoms with E-state index < -0.39 is 6.94 Å². The van der Waals surface area contributed by atoms with Gasteiger partial charge in [0.15, 0.2) is 0 Å². The highest BCUT2D eigenvalue weighted by molar-refractivity contribution is 7.43. The van der Waals surface area contributed by atoms with Crippen LogP contribution in [0.1, 0.15) is 19.3 Å². The Morgan fingerprint density at radius 1 is 1.06 bits per heavy atom. The highest BCUT2D eigenvalue weighted by Gasteiger charge is 2.65. The molecule has 1 nitrogen and oxygen atoms in total. The maximum atomic E-state index is 6.48. The van der Waals surface area contributed by atoms with Crippen LogP contribution in [0.25, 0.3) is 0 Å². The first-order valence-corrected chi connectivity index (χ1v) is 10.7. The van der Waals surface area contributed by atoms with Crippen molar-refractivity contribution < 1.29 is 4.43 Å². The van der Waals surface area contributed by atoms with Crippen LogP contribution in [-0.2, 0) is 4.43 Å². The molecule has 0 aromatic rings. The zero-order chi connectivity index (χ0) is 11.8. The van der Waals surface area contributed by atoms with Gasteiger partial charge in [-0.15, -0.1) is 22.2 Å². The van der Waals surface area contributed by atoms with E-state index >= 15 is 0 Å². The standard InChI is InChI=1S/C13H18Cl2OSi/c1-16-17(14,15)11-6-9-5-10(11)13-8-3-2-7(4-8)12(9)13/h2-3,7-13H,4-6H2,1H3. The number of rotatable bonds is 2. The molecule has 4 heteroatoms. The lowest BCUT2D eigenvalue weighted by molar-refractivity contribution is 0.197. The average Bonchev–Trinajstić information content (AvgIpc) is 3.05. The van der Waals surface area contributed by atoms with Crippen LogP contribution >= 0.6 is 22.2 Å². The van der Waals surface area contributed by atoms with Crippen LogP contribution in [-0.4, -0.2) is 14.0 Å². The van der Waals surface area contributed by atoms with Gasteiger partial charge in [-0.05, 0) is 54.8 Å². The van der Waals surface area contributed by atoms with Gasteiger partial charge in [-0.2, -0.15) is 0 Å². The van der Waals surface area contributed by atoms with E-state index in [2.05, 4.69) is 12.2 Å². The van der Waals surface area contributed by atoms with Crippen molar-refractivity contribution in [3.8, 4) is 0 Å². The number of fused-ring (bicyclic) bond motifs is 9. The molecule has 4 rings (SSSR count). The summed E-state index contributed by atoms with van der Waals surface area (Å²) in [6.45, 7) is -2.46. The van der Waals surface area contributed by atoms with Gasteiger partial charge < -0.3 is 4.43 Å². The third-order valence-corrected chi connectivity index (χ3v) is 10.7. The van der Waals surface area contributed by atoms with E-state index in [1.165, 1.54) is 19.3 Å². The minimum Gasteiger partial charge on any atom is -0.395 e. The summed E-state index contributed by atoms with van der Waals surface area (Å²) in [6, 6.07) is 0. The van der Waals surface area contributed by atoms with Crippen LogP contribution in [0.3, 0.4) is 0 Å². The molecular formula is C13H18Cl2OSi. The Labute approximate surface area is 113 Å². The van der Waals surface area contributed by atoms with Gasteiger partial charge in [-0.1, -0.05) is 12.2 Å². The van der Waals surface area contributed by atoms with Gasteiger partial charge in [-0.25, -0.2) is 0 Å². The van der Waals surface area contributed by atoms with Crippen molar-refractivity contribution >= 4 is 29.1 Å². The van der Waals surface area contributed by atoms with Gasteiger partial charge in [-0.3, -0.25) is 0 Å². The highest BCUT2D eigenvalue weighted by Crippen LogP contribution is 2.70. The minimum absolute atomic E-state index is 0.481. The molecule has 0 N–H and O–H groups in total. The summed E-state index contributed by atoms with van der Waals surface area (Å²) in [4.78, 5) is 0. The van der Waals surface area contributed by atoms with E-state index in [1.807, 2.05) is 0 Å². The van der Waals surface area contributed by atoms with Crippen molar-refractivity contribution in [1.82, 2.24) is 0 Å². The lowest BCUT2D eigenvalue weighted by Crippen LogP contribution is -2.39. The number of hydrogen-bond donors (Lipinski definition) is 0. The van der Waals surface area contributed by atoms with Crippen LogP contribution in [0, 0.1) is 35.5 Å². The summed E-state index contributed by atoms with van der Waals surface area (Å²) in [5.41, 5.74) is 0.481. The van der Waals surface area contributed by atoms with Crippen LogP contribution in [0.4, 0.5) is 0 Å². The average molecular weight is 289 g/mol. The predicted molar refractivity (Wildman–Crippen MR) is 72.2 cm³/mol. The molecule has 7 unspecified atom stereocenters. The summed E-state index contributed by atoms with van der Waals surface area (Å²) in [6.07, 6.45) is 8.94. The number of allylic oxidation sites excluding steroid dienone is 2. The second kappa shape index (κ2) is 3.53. The molecule has 17 heavy (non-hydrogen) atoms. The summed E-state index contributed by atoms with van der Waals surface area (Å²) >= 11 is 13.0.